The molecular weight excluding hydrogens is 693 g/mol. The second kappa shape index (κ2) is 13.6. The highest BCUT2D eigenvalue weighted by Crippen LogP contribution is 2.40. The van der Waals surface area contributed by atoms with Crippen LogP contribution in [0, 0.1) is 0 Å². The van der Waals surface area contributed by atoms with Gasteiger partial charge in [0.15, 0.2) is 5.84 Å². The minimum atomic E-state index is -0.266. The van der Waals surface area contributed by atoms with Crippen molar-refractivity contribution in [3.63, 3.8) is 0 Å². The Kier molecular flexibility index (Phi) is 7.85. The van der Waals surface area contributed by atoms with Gasteiger partial charge in [0.05, 0.1) is 11.0 Å². The van der Waals surface area contributed by atoms with Crippen LogP contribution in [0.4, 0.5) is 0 Å². The number of rotatable bonds is 6. The zero-order chi connectivity index (χ0) is 37.7. The fraction of sp³-hybridized carbons (Fsp3) is 0.0189. The van der Waals surface area contributed by atoms with Gasteiger partial charge in [0.2, 0.25) is 0 Å². The Morgan fingerprint density at radius 2 is 0.895 bits per heavy atom. The second-order valence-electron chi connectivity index (χ2n) is 14.6. The van der Waals surface area contributed by atoms with Crippen molar-refractivity contribution in [1.29, 1.82) is 0 Å². The third kappa shape index (κ3) is 5.78. The van der Waals surface area contributed by atoms with E-state index in [-0.39, 0.29) is 6.17 Å². The number of aliphatic imine (C=N–C) groups is 2. The zero-order valence-electron chi connectivity index (χ0n) is 31.0. The van der Waals surface area contributed by atoms with E-state index in [1.54, 1.807) is 0 Å². The molecule has 57 heavy (non-hydrogen) atoms. The van der Waals surface area contributed by atoms with E-state index in [1.165, 1.54) is 48.9 Å². The molecule has 0 aliphatic carbocycles. The molecule has 9 aromatic carbocycles. The molecule has 268 valence electrons. The first kappa shape index (κ1) is 32.8. The van der Waals surface area contributed by atoms with Crippen LogP contribution in [0.2, 0.25) is 0 Å². The molecule has 4 heteroatoms. The molecule has 0 spiro atoms. The second-order valence-corrected chi connectivity index (χ2v) is 14.6. The van der Waals surface area contributed by atoms with Crippen LogP contribution < -0.4 is 5.32 Å². The van der Waals surface area contributed by atoms with Crippen molar-refractivity contribution in [3.8, 4) is 27.9 Å². The third-order valence-electron chi connectivity index (χ3n) is 11.2. The van der Waals surface area contributed by atoms with Gasteiger partial charge in [0.25, 0.3) is 0 Å². The van der Waals surface area contributed by atoms with E-state index in [9.17, 15) is 0 Å². The average Bonchev–Trinajstić information content (AvgIpc) is 3.65. The summed E-state index contributed by atoms with van der Waals surface area (Å²) in [4.78, 5) is 10.2. The van der Waals surface area contributed by atoms with Crippen LogP contribution >= 0.6 is 0 Å². The van der Waals surface area contributed by atoms with Gasteiger partial charge in [0, 0.05) is 38.4 Å². The first-order valence-corrected chi connectivity index (χ1v) is 19.4. The molecule has 0 fully saturated rings. The number of benzene rings is 9. The molecule has 2 heterocycles. The summed E-state index contributed by atoms with van der Waals surface area (Å²) in [6, 6.07) is 73.5. The Hall–Kier alpha value is -7.56. The van der Waals surface area contributed by atoms with Crippen LogP contribution in [-0.2, 0) is 0 Å². The van der Waals surface area contributed by atoms with Gasteiger partial charge < -0.3 is 9.88 Å². The van der Waals surface area contributed by atoms with Crippen LogP contribution in [0.1, 0.15) is 22.9 Å². The van der Waals surface area contributed by atoms with E-state index in [2.05, 4.69) is 204 Å². The van der Waals surface area contributed by atoms with Crippen LogP contribution in [0.25, 0.3) is 71.3 Å². The Morgan fingerprint density at radius 1 is 0.386 bits per heavy atom. The maximum absolute atomic E-state index is 5.11. The smallest absolute Gasteiger partial charge is 0.159 e. The lowest BCUT2D eigenvalue weighted by Crippen LogP contribution is -2.33. The van der Waals surface area contributed by atoms with E-state index in [0.717, 1.165) is 44.9 Å². The highest BCUT2D eigenvalue weighted by molar-refractivity contribution is 6.24. The van der Waals surface area contributed by atoms with Crippen molar-refractivity contribution in [2.75, 3.05) is 0 Å². The largest absolute Gasteiger partial charge is 0.344 e. The van der Waals surface area contributed by atoms with Crippen LogP contribution in [0.15, 0.2) is 216 Å². The van der Waals surface area contributed by atoms with Crippen molar-refractivity contribution in [2.45, 2.75) is 6.17 Å². The van der Waals surface area contributed by atoms with E-state index in [4.69, 9.17) is 9.98 Å². The van der Waals surface area contributed by atoms with Gasteiger partial charge in [-0.15, -0.1) is 0 Å². The molecule has 1 aromatic heterocycles. The number of hydrogen-bond donors (Lipinski definition) is 1. The standard InChI is InChI=1S/C53H36N4/c1-3-12-35(13-4-1)36-22-26-41(27-23-36)52-54-51(40-16-5-2-6-17-40)55-53(56-52)42-28-24-37(25-29-42)43-18-11-19-44(34-43)57-49-45-20-9-7-14-38(45)30-32-47(49)48-33-31-39-15-8-10-21-46(39)50(48)57/h1-34,51H,(H,54,55,56). The highest BCUT2D eigenvalue weighted by Gasteiger charge is 2.22. The summed E-state index contributed by atoms with van der Waals surface area (Å²) in [6.07, 6.45) is -0.266. The van der Waals surface area contributed by atoms with Gasteiger partial charge in [-0.3, -0.25) is 0 Å². The number of nitrogens with one attached hydrogen (secondary N) is 1. The molecule has 1 aliphatic rings. The van der Waals surface area contributed by atoms with E-state index in [0.29, 0.717) is 5.84 Å². The summed E-state index contributed by atoms with van der Waals surface area (Å²) in [5.41, 5.74) is 11.3. The third-order valence-corrected chi connectivity index (χ3v) is 11.2. The summed E-state index contributed by atoms with van der Waals surface area (Å²) in [7, 11) is 0. The molecule has 1 unspecified atom stereocenters. The molecule has 0 amide bonds. The molecule has 1 atom stereocenters. The number of nitrogens with zero attached hydrogens (tertiary/aromatic N) is 3. The quantitative estimate of drug-likeness (QED) is 0.182. The van der Waals surface area contributed by atoms with Crippen molar-refractivity contribution in [1.82, 2.24) is 9.88 Å². The molecule has 1 N–H and O–H groups in total. The van der Waals surface area contributed by atoms with E-state index in [1.807, 2.05) is 12.1 Å². The van der Waals surface area contributed by atoms with Crippen molar-refractivity contribution < 1.29 is 0 Å². The molecular formula is C53H36N4. The zero-order valence-corrected chi connectivity index (χ0v) is 31.0. The van der Waals surface area contributed by atoms with Gasteiger partial charge in [-0.05, 0) is 50.7 Å². The van der Waals surface area contributed by atoms with Crippen molar-refractivity contribution in [3.05, 3.63) is 223 Å². The van der Waals surface area contributed by atoms with Gasteiger partial charge in [-0.2, -0.15) is 0 Å². The monoisotopic (exact) mass is 728 g/mol. The molecule has 0 radical (unpaired) electrons. The maximum atomic E-state index is 5.11. The summed E-state index contributed by atoms with van der Waals surface area (Å²) in [6.45, 7) is 0. The van der Waals surface area contributed by atoms with Gasteiger partial charge in [0.1, 0.15) is 12.0 Å². The molecule has 10 aromatic rings. The number of amidine groups is 2. The summed E-state index contributed by atoms with van der Waals surface area (Å²) in [5.74, 6) is 1.51. The lowest BCUT2D eigenvalue weighted by molar-refractivity contribution is 0.674. The fourth-order valence-electron chi connectivity index (χ4n) is 8.42. The van der Waals surface area contributed by atoms with Gasteiger partial charge >= 0.3 is 0 Å². The van der Waals surface area contributed by atoms with Crippen molar-refractivity contribution >= 4 is 55.0 Å². The maximum Gasteiger partial charge on any atom is 0.159 e. The Labute approximate surface area is 330 Å². The predicted molar refractivity (Wildman–Crippen MR) is 238 cm³/mol. The number of aromatic nitrogens is 1. The number of fused-ring (bicyclic) bond motifs is 7. The average molecular weight is 729 g/mol. The van der Waals surface area contributed by atoms with Crippen LogP contribution in [0.5, 0.6) is 0 Å². The van der Waals surface area contributed by atoms with E-state index >= 15 is 0 Å². The van der Waals surface area contributed by atoms with Crippen molar-refractivity contribution in [2.24, 2.45) is 9.98 Å². The normalized spacial score (nSPS) is 14.1. The summed E-state index contributed by atoms with van der Waals surface area (Å²) in [5, 5.41) is 11.1. The molecule has 0 bridgehead atoms. The van der Waals surface area contributed by atoms with Crippen LogP contribution in [-0.4, -0.2) is 16.2 Å². The summed E-state index contributed by atoms with van der Waals surface area (Å²) >= 11 is 0. The van der Waals surface area contributed by atoms with E-state index < -0.39 is 0 Å². The minimum absolute atomic E-state index is 0.266. The Bertz CT molecular complexity index is 3080. The molecule has 0 saturated carbocycles. The fourth-order valence-corrected chi connectivity index (χ4v) is 8.42. The molecule has 4 nitrogen and oxygen atoms in total. The predicted octanol–water partition coefficient (Wildman–Crippen LogP) is 12.9. The van der Waals surface area contributed by atoms with Gasteiger partial charge in [-0.1, -0.05) is 194 Å². The first-order valence-electron chi connectivity index (χ1n) is 19.4. The highest BCUT2D eigenvalue weighted by atomic mass is 15.2. The number of hydrogen-bond acceptors (Lipinski definition) is 3. The van der Waals surface area contributed by atoms with Gasteiger partial charge in [-0.25, -0.2) is 9.98 Å². The SMILES string of the molecule is c1ccc(-c2ccc(C3=NC(c4ccccc4)NC(c4ccc(-c5cccc(-n6c7c8ccccc8ccc7c7ccc8ccccc8c76)c5)cc4)=N3)cc2)cc1. The lowest BCUT2D eigenvalue weighted by Gasteiger charge is -2.24. The first-order chi connectivity index (χ1) is 28.2. The lowest BCUT2D eigenvalue weighted by atomic mass is 10.0. The minimum Gasteiger partial charge on any atom is -0.344 e. The van der Waals surface area contributed by atoms with Crippen LogP contribution in [0.3, 0.4) is 0 Å². The molecule has 1 aliphatic heterocycles. The Morgan fingerprint density at radius 3 is 1.54 bits per heavy atom. The summed E-state index contributed by atoms with van der Waals surface area (Å²) < 4.78 is 2.48. The molecule has 0 saturated heterocycles. The Balaban J connectivity index is 0.986. The topological polar surface area (TPSA) is 41.7 Å². The molecule has 11 rings (SSSR count).